The van der Waals surface area contributed by atoms with Crippen molar-refractivity contribution in [2.75, 3.05) is 23.3 Å². The minimum atomic E-state index is -0.376. The number of halogens is 1. The Bertz CT molecular complexity index is 653. The lowest BCUT2D eigenvalue weighted by Crippen LogP contribution is -2.24. The minimum absolute atomic E-state index is 0.268. The summed E-state index contributed by atoms with van der Waals surface area (Å²) in [5.41, 5.74) is 0.958. The van der Waals surface area contributed by atoms with Gasteiger partial charge in [0, 0.05) is 25.0 Å². The zero-order chi connectivity index (χ0) is 14.7. The van der Waals surface area contributed by atoms with Crippen LogP contribution in [0.1, 0.15) is 23.2 Å². The maximum atomic E-state index is 13.2. The van der Waals surface area contributed by atoms with Gasteiger partial charge in [-0.15, -0.1) is 0 Å². The number of carbonyl (C=O) groups excluding carboxylic acids is 1. The number of nitrogens with one attached hydrogen (secondary N) is 1. The van der Waals surface area contributed by atoms with Crippen LogP contribution in [0.5, 0.6) is 0 Å². The second-order valence-corrected chi connectivity index (χ2v) is 5.03. The number of hydrogen-bond donors (Lipinski definition) is 1. The van der Waals surface area contributed by atoms with Gasteiger partial charge in [-0.05, 0) is 43.2 Å². The van der Waals surface area contributed by atoms with Crippen molar-refractivity contribution in [2.24, 2.45) is 0 Å². The number of anilines is 2. The van der Waals surface area contributed by atoms with Gasteiger partial charge in [0.15, 0.2) is 0 Å². The van der Waals surface area contributed by atoms with E-state index >= 15 is 0 Å². The van der Waals surface area contributed by atoms with Crippen molar-refractivity contribution in [3.05, 3.63) is 54.0 Å². The van der Waals surface area contributed by atoms with Crippen LogP contribution in [0.15, 0.2) is 42.6 Å². The number of amides is 1. The van der Waals surface area contributed by atoms with E-state index in [0.717, 1.165) is 25.9 Å². The number of rotatable bonds is 3. The Morgan fingerprint density at radius 1 is 1.19 bits per heavy atom. The second-order valence-electron chi connectivity index (χ2n) is 5.03. The first-order chi connectivity index (χ1) is 10.2. The average Bonchev–Trinajstić information content (AvgIpc) is 3.01. The first kappa shape index (κ1) is 13.5. The molecule has 2 heterocycles. The zero-order valence-electron chi connectivity index (χ0n) is 11.6. The number of aromatic nitrogens is 1. The van der Waals surface area contributed by atoms with Crippen molar-refractivity contribution in [1.29, 1.82) is 0 Å². The van der Waals surface area contributed by atoms with E-state index in [1.165, 1.54) is 12.1 Å². The van der Waals surface area contributed by atoms with Crippen LogP contribution in [0.3, 0.4) is 0 Å². The summed E-state index contributed by atoms with van der Waals surface area (Å²) in [6, 6.07) is 9.34. The molecular formula is C16H16FN3O. The minimum Gasteiger partial charge on any atom is -0.356 e. The maximum absolute atomic E-state index is 13.2. The van der Waals surface area contributed by atoms with Crippen LogP contribution in [0.4, 0.5) is 15.9 Å². The number of nitrogens with zero attached hydrogens (tertiary/aromatic N) is 2. The van der Waals surface area contributed by atoms with Gasteiger partial charge in [-0.3, -0.25) is 4.79 Å². The SMILES string of the molecule is O=C(Nc1cccc(F)c1)c1cccnc1N1CCCC1. The quantitative estimate of drug-likeness (QED) is 0.942. The average molecular weight is 285 g/mol. The van der Waals surface area contributed by atoms with Crippen LogP contribution in [0.2, 0.25) is 0 Å². The van der Waals surface area contributed by atoms with E-state index in [1.807, 2.05) is 0 Å². The normalized spacial score (nSPS) is 14.2. The molecule has 0 bridgehead atoms. The van der Waals surface area contributed by atoms with E-state index < -0.39 is 0 Å². The molecule has 5 heteroatoms. The molecule has 1 aromatic carbocycles. The van der Waals surface area contributed by atoms with E-state index in [1.54, 1.807) is 30.5 Å². The summed E-state index contributed by atoms with van der Waals surface area (Å²) < 4.78 is 13.2. The summed E-state index contributed by atoms with van der Waals surface area (Å²) in [4.78, 5) is 18.8. The molecule has 4 nitrogen and oxygen atoms in total. The number of benzene rings is 1. The van der Waals surface area contributed by atoms with Crippen molar-refractivity contribution in [3.8, 4) is 0 Å². The van der Waals surface area contributed by atoms with Crippen LogP contribution >= 0.6 is 0 Å². The molecule has 0 aliphatic carbocycles. The van der Waals surface area contributed by atoms with Crippen molar-refractivity contribution < 1.29 is 9.18 Å². The maximum Gasteiger partial charge on any atom is 0.259 e. The Balaban J connectivity index is 1.84. The van der Waals surface area contributed by atoms with Gasteiger partial charge in [0.05, 0.1) is 5.56 Å². The fourth-order valence-electron chi connectivity index (χ4n) is 2.52. The van der Waals surface area contributed by atoms with Crippen molar-refractivity contribution in [2.45, 2.75) is 12.8 Å². The summed E-state index contributed by atoms with van der Waals surface area (Å²) in [6.07, 6.45) is 3.91. The molecule has 0 unspecified atom stereocenters. The molecule has 1 aromatic heterocycles. The number of pyridine rings is 1. The van der Waals surface area contributed by atoms with Crippen LogP contribution in [-0.4, -0.2) is 24.0 Å². The van der Waals surface area contributed by atoms with Gasteiger partial charge in [-0.2, -0.15) is 0 Å². The molecule has 1 N–H and O–H groups in total. The lowest BCUT2D eigenvalue weighted by atomic mass is 10.2. The summed E-state index contributed by atoms with van der Waals surface area (Å²) in [7, 11) is 0. The Morgan fingerprint density at radius 3 is 2.76 bits per heavy atom. The molecule has 1 amide bonds. The van der Waals surface area contributed by atoms with E-state index in [0.29, 0.717) is 17.1 Å². The Hall–Kier alpha value is -2.43. The topological polar surface area (TPSA) is 45.2 Å². The standard InChI is InChI=1S/C16H16FN3O/c17-12-5-3-6-13(11-12)19-16(21)14-7-4-8-18-15(14)20-9-1-2-10-20/h3-8,11H,1-2,9-10H2,(H,19,21). The monoisotopic (exact) mass is 285 g/mol. The van der Waals surface area contributed by atoms with Gasteiger partial charge < -0.3 is 10.2 Å². The molecule has 2 aromatic rings. The molecule has 108 valence electrons. The summed E-state index contributed by atoms with van der Waals surface area (Å²) in [5, 5.41) is 2.72. The lowest BCUT2D eigenvalue weighted by Gasteiger charge is -2.19. The fourth-order valence-corrected chi connectivity index (χ4v) is 2.52. The van der Waals surface area contributed by atoms with Gasteiger partial charge in [-0.1, -0.05) is 6.07 Å². The third kappa shape index (κ3) is 3.02. The van der Waals surface area contributed by atoms with E-state index in [-0.39, 0.29) is 11.7 Å². The molecular weight excluding hydrogens is 269 g/mol. The molecule has 0 saturated carbocycles. The fraction of sp³-hybridized carbons (Fsp3) is 0.250. The molecule has 0 atom stereocenters. The van der Waals surface area contributed by atoms with E-state index in [9.17, 15) is 9.18 Å². The third-order valence-electron chi connectivity index (χ3n) is 3.52. The summed E-state index contributed by atoms with van der Waals surface area (Å²) >= 11 is 0. The smallest absolute Gasteiger partial charge is 0.259 e. The molecule has 21 heavy (non-hydrogen) atoms. The molecule has 1 fully saturated rings. The summed E-state index contributed by atoms with van der Waals surface area (Å²) in [5.74, 6) is 0.0539. The van der Waals surface area contributed by atoms with Crippen LogP contribution < -0.4 is 10.2 Å². The van der Waals surface area contributed by atoms with E-state index in [4.69, 9.17) is 0 Å². The predicted molar refractivity (Wildman–Crippen MR) is 80.0 cm³/mol. The Labute approximate surface area is 122 Å². The first-order valence-corrected chi connectivity index (χ1v) is 7.01. The van der Waals surface area contributed by atoms with Gasteiger partial charge in [0.25, 0.3) is 5.91 Å². The Morgan fingerprint density at radius 2 is 2.00 bits per heavy atom. The zero-order valence-corrected chi connectivity index (χ0v) is 11.6. The highest BCUT2D eigenvalue weighted by atomic mass is 19.1. The predicted octanol–water partition coefficient (Wildman–Crippen LogP) is 3.07. The van der Waals surface area contributed by atoms with E-state index in [2.05, 4.69) is 15.2 Å². The first-order valence-electron chi connectivity index (χ1n) is 7.01. The number of carbonyl (C=O) groups is 1. The molecule has 1 saturated heterocycles. The second kappa shape index (κ2) is 5.91. The summed E-state index contributed by atoms with van der Waals surface area (Å²) in [6.45, 7) is 1.83. The van der Waals surface area contributed by atoms with Crippen molar-refractivity contribution in [1.82, 2.24) is 4.98 Å². The molecule has 0 spiro atoms. The molecule has 1 aliphatic rings. The molecule has 3 rings (SSSR count). The van der Waals surface area contributed by atoms with Crippen molar-refractivity contribution in [3.63, 3.8) is 0 Å². The largest absolute Gasteiger partial charge is 0.356 e. The molecule has 1 aliphatic heterocycles. The van der Waals surface area contributed by atoms with Crippen LogP contribution in [-0.2, 0) is 0 Å². The highest BCUT2D eigenvalue weighted by molar-refractivity contribution is 6.07. The Kier molecular flexibility index (Phi) is 3.81. The van der Waals surface area contributed by atoms with Crippen LogP contribution in [0.25, 0.3) is 0 Å². The van der Waals surface area contributed by atoms with Gasteiger partial charge >= 0.3 is 0 Å². The number of hydrogen-bond acceptors (Lipinski definition) is 3. The van der Waals surface area contributed by atoms with Crippen LogP contribution in [0, 0.1) is 5.82 Å². The lowest BCUT2D eigenvalue weighted by molar-refractivity contribution is 0.102. The highest BCUT2D eigenvalue weighted by Gasteiger charge is 2.20. The van der Waals surface area contributed by atoms with Crippen molar-refractivity contribution >= 4 is 17.4 Å². The third-order valence-corrected chi connectivity index (χ3v) is 3.52. The highest BCUT2D eigenvalue weighted by Crippen LogP contribution is 2.23. The van der Waals surface area contributed by atoms with Gasteiger partial charge in [-0.25, -0.2) is 9.37 Å². The van der Waals surface area contributed by atoms with Gasteiger partial charge in [0.1, 0.15) is 11.6 Å². The van der Waals surface area contributed by atoms with Gasteiger partial charge in [0.2, 0.25) is 0 Å². The molecule has 0 radical (unpaired) electrons.